The van der Waals surface area contributed by atoms with Crippen molar-refractivity contribution in [1.82, 2.24) is 0 Å². The number of aliphatic hydroxyl groups excluding tert-OH is 1. The molecule has 0 saturated carbocycles. The molecule has 27 heavy (non-hydrogen) atoms. The van der Waals surface area contributed by atoms with Gasteiger partial charge in [0.05, 0.1) is 19.1 Å². The lowest BCUT2D eigenvalue weighted by Gasteiger charge is -2.24. The molecule has 0 bridgehead atoms. The average molecular weight is 382 g/mol. The minimum absolute atomic E-state index is 0.0685. The molecule has 0 radical (unpaired) electrons. The molecular formula is C21H18O5S. The number of esters is 1. The van der Waals surface area contributed by atoms with Crippen LogP contribution in [0.5, 0.6) is 0 Å². The van der Waals surface area contributed by atoms with Gasteiger partial charge in [-0.1, -0.05) is 36.4 Å². The van der Waals surface area contributed by atoms with Crippen molar-refractivity contribution in [2.24, 2.45) is 0 Å². The Bertz CT molecular complexity index is 943. The third kappa shape index (κ3) is 3.53. The number of hydrogen-bond acceptors (Lipinski definition) is 6. The van der Waals surface area contributed by atoms with E-state index in [9.17, 15) is 19.5 Å². The van der Waals surface area contributed by atoms with Gasteiger partial charge in [0.1, 0.15) is 5.76 Å². The van der Waals surface area contributed by atoms with Gasteiger partial charge in [0.2, 0.25) is 11.6 Å². The second-order valence-corrected chi connectivity index (χ2v) is 6.95. The largest absolute Gasteiger partial charge is 0.507 e. The van der Waals surface area contributed by atoms with Crippen molar-refractivity contribution in [1.29, 1.82) is 0 Å². The Labute approximate surface area is 161 Å². The van der Waals surface area contributed by atoms with Crippen LogP contribution in [0.25, 0.3) is 5.76 Å². The van der Waals surface area contributed by atoms with E-state index in [-0.39, 0.29) is 23.3 Å². The Balaban J connectivity index is 2.17. The van der Waals surface area contributed by atoms with Crippen LogP contribution in [0.3, 0.4) is 0 Å². The molecule has 138 valence electrons. The van der Waals surface area contributed by atoms with Gasteiger partial charge in [-0.05, 0) is 24.0 Å². The van der Waals surface area contributed by atoms with E-state index in [0.29, 0.717) is 11.1 Å². The number of benzene rings is 2. The molecule has 3 rings (SSSR count). The fourth-order valence-electron chi connectivity index (χ4n) is 3.18. The van der Waals surface area contributed by atoms with E-state index < -0.39 is 23.5 Å². The summed E-state index contributed by atoms with van der Waals surface area (Å²) in [5.41, 5.74) is 1.05. The molecule has 2 aromatic carbocycles. The summed E-state index contributed by atoms with van der Waals surface area (Å²) in [5, 5.41) is 10.8. The van der Waals surface area contributed by atoms with E-state index >= 15 is 0 Å². The number of aliphatic hydroxyl groups is 1. The van der Waals surface area contributed by atoms with Gasteiger partial charge in [-0.2, -0.15) is 0 Å². The Morgan fingerprint density at radius 2 is 1.67 bits per heavy atom. The van der Waals surface area contributed by atoms with Gasteiger partial charge in [-0.25, -0.2) is 0 Å². The zero-order valence-electron chi connectivity index (χ0n) is 14.9. The average Bonchev–Trinajstić information content (AvgIpc) is 2.71. The minimum Gasteiger partial charge on any atom is -0.507 e. The van der Waals surface area contributed by atoms with Gasteiger partial charge >= 0.3 is 5.97 Å². The van der Waals surface area contributed by atoms with Crippen LogP contribution in [-0.2, 0) is 14.3 Å². The van der Waals surface area contributed by atoms with Gasteiger partial charge in [0.15, 0.2) is 0 Å². The highest BCUT2D eigenvalue weighted by Crippen LogP contribution is 2.38. The van der Waals surface area contributed by atoms with Crippen molar-refractivity contribution >= 4 is 35.1 Å². The van der Waals surface area contributed by atoms with Gasteiger partial charge < -0.3 is 9.84 Å². The zero-order valence-corrected chi connectivity index (χ0v) is 15.7. The first-order chi connectivity index (χ1) is 13.0. The number of methoxy groups -OCH3 is 1. The summed E-state index contributed by atoms with van der Waals surface area (Å²) in [5.74, 6) is -3.06. The topological polar surface area (TPSA) is 80.7 Å². The van der Waals surface area contributed by atoms with E-state index in [0.717, 1.165) is 4.90 Å². The van der Waals surface area contributed by atoms with E-state index in [1.807, 2.05) is 18.4 Å². The van der Waals surface area contributed by atoms with Crippen LogP contribution in [0.1, 0.15) is 33.8 Å². The van der Waals surface area contributed by atoms with Crippen LogP contribution >= 0.6 is 11.8 Å². The molecule has 0 amide bonds. The number of rotatable bonds is 5. The number of ether oxygens (including phenoxy) is 1. The lowest BCUT2D eigenvalue weighted by atomic mass is 9.78. The number of fused-ring (bicyclic) bond motifs is 1. The molecule has 1 N–H and O–H groups in total. The molecule has 0 aromatic heterocycles. The Morgan fingerprint density at radius 1 is 1.04 bits per heavy atom. The number of thioether (sulfide) groups is 1. The number of hydrogen-bond donors (Lipinski definition) is 1. The van der Waals surface area contributed by atoms with Crippen molar-refractivity contribution in [2.45, 2.75) is 17.2 Å². The van der Waals surface area contributed by atoms with Gasteiger partial charge in [-0.15, -0.1) is 11.8 Å². The Morgan fingerprint density at radius 3 is 2.26 bits per heavy atom. The lowest BCUT2D eigenvalue weighted by molar-refractivity contribution is -0.140. The second kappa shape index (κ2) is 7.80. The molecular weight excluding hydrogens is 364 g/mol. The summed E-state index contributed by atoms with van der Waals surface area (Å²) < 4.78 is 4.76. The molecule has 1 atom stereocenters. The number of carbonyl (C=O) groups is 3. The highest BCUT2D eigenvalue weighted by molar-refractivity contribution is 7.98. The highest BCUT2D eigenvalue weighted by Gasteiger charge is 2.38. The summed E-state index contributed by atoms with van der Waals surface area (Å²) in [4.78, 5) is 38.3. The van der Waals surface area contributed by atoms with Crippen molar-refractivity contribution in [3.8, 4) is 0 Å². The fourth-order valence-corrected chi connectivity index (χ4v) is 3.59. The Kier molecular flexibility index (Phi) is 5.46. The third-order valence-electron chi connectivity index (χ3n) is 4.60. The first-order valence-electron chi connectivity index (χ1n) is 8.30. The molecule has 1 aliphatic rings. The van der Waals surface area contributed by atoms with E-state index in [4.69, 9.17) is 4.74 Å². The van der Waals surface area contributed by atoms with E-state index in [2.05, 4.69) is 0 Å². The second-order valence-electron chi connectivity index (χ2n) is 6.07. The smallest absolute Gasteiger partial charge is 0.306 e. The number of allylic oxidation sites excluding steroid dienone is 1. The third-order valence-corrected chi connectivity index (χ3v) is 5.34. The molecule has 1 aliphatic carbocycles. The lowest BCUT2D eigenvalue weighted by Crippen LogP contribution is -2.28. The van der Waals surface area contributed by atoms with E-state index in [1.54, 1.807) is 42.1 Å². The number of carbonyl (C=O) groups excluding carboxylic acids is 3. The van der Waals surface area contributed by atoms with Crippen molar-refractivity contribution < 1.29 is 24.2 Å². The number of ketones is 2. The first kappa shape index (κ1) is 18.9. The fraction of sp³-hybridized carbons (Fsp3) is 0.190. The Hall–Kier alpha value is -2.86. The SMILES string of the molecule is COC(=O)C[C@@H](C1=C(O)c2ccccc2C(=O)C1=O)c1ccc(SC)cc1. The maximum atomic E-state index is 12.8. The molecule has 2 aromatic rings. The molecule has 0 aliphatic heterocycles. The zero-order chi connectivity index (χ0) is 19.6. The first-order valence-corrected chi connectivity index (χ1v) is 9.52. The van der Waals surface area contributed by atoms with E-state index in [1.165, 1.54) is 13.2 Å². The van der Waals surface area contributed by atoms with Crippen molar-refractivity contribution in [3.05, 3.63) is 70.8 Å². The van der Waals surface area contributed by atoms with Gasteiger partial charge in [-0.3, -0.25) is 14.4 Å². The number of Topliss-reactive ketones (excluding diaryl/α,β-unsaturated/α-hetero) is 2. The summed E-state index contributed by atoms with van der Waals surface area (Å²) >= 11 is 1.56. The summed E-state index contributed by atoms with van der Waals surface area (Å²) in [6, 6.07) is 13.7. The molecule has 0 spiro atoms. The van der Waals surface area contributed by atoms with Crippen LogP contribution < -0.4 is 0 Å². The summed E-state index contributed by atoms with van der Waals surface area (Å²) in [7, 11) is 1.26. The standard InChI is InChI=1S/C21H18O5S/c1-26-17(22)11-16(12-7-9-13(27-2)10-8-12)18-19(23)14-5-3-4-6-15(14)20(24)21(18)25/h3-10,16,23H,11H2,1-2H3/t16-/m1/s1. The van der Waals surface area contributed by atoms with Crippen LogP contribution in [0.15, 0.2) is 59.0 Å². The molecule has 0 unspecified atom stereocenters. The maximum absolute atomic E-state index is 12.8. The highest BCUT2D eigenvalue weighted by atomic mass is 32.2. The normalized spacial score (nSPS) is 14.7. The monoisotopic (exact) mass is 382 g/mol. The van der Waals surface area contributed by atoms with Gasteiger partial charge in [0.25, 0.3) is 0 Å². The minimum atomic E-state index is -0.797. The maximum Gasteiger partial charge on any atom is 0.306 e. The molecule has 6 heteroatoms. The van der Waals surface area contributed by atoms with Crippen LogP contribution in [0.2, 0.25) is 0 Å². The molecule has 5 nitrogen and oxygen atoms in total. The molecule has 0 fully saturated rings. The van der Waals surface area contributed by atoms with Crippen LogP contribution in [0, 0.1) is 0 Å². The van der Waals surface area contributed by atoms with Gasteiger partial charge in [0, 0.05) is 21.9 Å². The molecule has 0 saturated heterocycles. The predicted molar refractivity (Wildman–Crippen MR) is 103 cm³/mol. The van der Waals surface area contributed by atoms with Crippen molar-refractivity contribution in [3.63, 3.8) is 0 Å². The summed E-state index contributed by atoms with van der Waals surface area (Å²) in [6.07, 6.45) is 1.78. The predicted octanol–water partition coefficient (Wildman–Crippen LogP) is 3.79. The van der Waals surface area contributed by atoms with Crippen LogP contribution in [-0.4, -0.2) is 36.0 Å². The van der Waals surface area contributed by atoms with Crippen LogP contribution in [0.4, 0.5) is 0 Å². The van der Waals surface area contributed by atoms with Crippen molar-refractivity contribution in [2.75, 3.05) is 13.4 Å². The molecule has 0 heterocycles. The quantitative estimate of drug-likeness (QED) is 0.481. The summed E-state index contributed by atoms with van der Waals surface area (Å²) in [6.45, 7) is 0.